The molecule has 0 aliphatic rings. The number of benzene rings is 3. The third-order valence-corrected chi connectivity index (χ3v) is 6.95. The highest BCUT2D eigenvalue weighted by molar-refractivity contribution is 6.96. The first-order valence-corrected chi connectivity index (χ1v) is 11.3. The van der Waals surface area contributed by atoms with E-state index >= 15 is 0 Å². The van der Waals surface area contributed by atoms with Crippen molar-refractivity contribution in [3.05, 3.63) is 78.4 Å². The summed E-state index contributed by atoms with van der Waals surface area (Å²) in [5.41, 5.74) is 4.41. The first-order valence-electron chi connectivity index (χ1n) is 8.29. The van der Waals surface area contributed by atoms with Gasteiger partial charge in [0, 0.05) is 6.42 Å². The van der Waals surface area contributed by atoms with Gasteiger partial charge in [0.2, 0.25) is 0 Å². The molecule has 24 heavy (non-hydrogen) atoms. The van der Waals surface area contributed by atoms with E-state index in [-0.39, 0.29) is 0 Å². The molecule has 0 spiro atoms. The fraction of sp³-hybridized carbons (Fsp3) is 0.182. The van der Waals surface area contributed by atoms with Crippen LogP contribution in [0.5, 0.6) is 0 Å². The molecule has 0 aliphatic carbocycles. The smallest absolute Gasteiger partial charge is 0.162 e. The van der Waals surface area contributed by atoms with Gasteiger partial charge in [-0.05, 0) is 21.5 Å². The molecule has 0 aromatic heterocycles. The Labute approximate surface area is 145 Å². The lowest BCUT2D eigenvalue weighted by molar-refractivity contribution is 0.185. The largest absolute Gasteiger partial charge is 0.387 e. The Bertz CT molecular complexity index is 882. The molecule has 0 amide bonds. The van der Waals surface area contributed by atoms with Crippen LogP contribution in [0.15, 0.2) is 72.8 Å². The Morgan fingerprint density at radius 2 is 1.54 bits per heavy atom. The van der Waals surface area contributed by atoms with Gasteiger partial charge >= 0.3 is 0 Å². The van der Waals surface area contributed by atoms with Crippen LogP contribution in [-0.4, -0.2) is 13.2 Å². The third kappa shape index (κ3) is 3.59. The van der Waals surface area contributed by atoms with E-state index in [1.165, 1.54) is 5.19 Å². The molecule has 1 nitrogen and oxygen atoms in total. The molecule has 0 aliphatic heterocycles. The van der Waals surface area contributed by atoms with E-state index in [0.29, 0.717) is 6.42 Å². The van der Waals surface area contributed by atoms with Crippen molar-refractivity contribution in [2.24, 2.45) is 0 Å². The number of aliphatic hydroxyl groups is 1. The minimum atomic E-state index is -1.77. The van der Waals surface area contributed by atoms with Gasteiger partial charge in [0.1, 0.15) is 0 Å². The van der Waals surface area contributed by atoms with Gasteiger partial charge in [0.25, 0.3) is 0 Å². The molecule has 2 heteroatoms. The summed E-state index contributed by atoms with van der Waals surface area (Å²) in [7, 11) is -1.77. The van der Waals surface area contributed by atoms with Crippen molar-refractivity contribution in [1.82, 2.24) is 0 Å². The molecule has 0 radical (unpaired) electrons. The van der Waals surface area contributed by atoms with E-state index < -0.39 is 14.2 Å². The molecule has 1 N–H and O–H groups in total. The summed E-state index contributed by atoms with van der Waals surface area (Å²) in [6.07, 6.45) is -0.0822. The third-order valence-electron chi connectivity index (χ3n) is 4.37. The van der Waals surface area contributed by atoms with Crippen molar-refractivity contribution in [1.29, 1.82) is 0 Å². The van der Waals surface area contributed by atoms with E-state index in [1.807, 2.05) is 30.3 Å². The normalized spacial score (nSPS) is 12.5. The second-order valence-electron chi connectivity index (χ2n) is 6.58. The maximum absolute atomic E-state index is 10.6. The highest BCUT2D eigenvalue weighted by atomic mass is 28.3. The van der Waals surface area contributed by atoms with Crippen molar-refractivity contribution in [3.63, 3.8) is 0 Å². The van der Waals surface area contributed by atoms with Crippen LogP contribution < -0.4 is 5.19 Å². The Kier molecular flexibility index (Phi) is 4.85. The maximum atomic E-state index is 10.6. The van der Waals surface area contributed by atoms with Gasteiger partial charge in [-0.1, -0.05) is 85.9 Å². The van der Waals surface area contributed by atoms with Crippen LogP contribution in [-0.2, 0) is 0 Å². The molecule has 0 heterocycles. The molecular formula is C22H22OSi. The molecule has 1 atom stereocenters. The molecule has 1 unspecified atom stereocenters. The lowest BCUT2D eigenvalue weighted by Gasteiger charge is -2.15. The number of aliphatic hydroxyl groups excluding tert-OH is 1. The fourth-order valence-corrected chi connectivity index (χ4v) is 4.66. The van der Waals surface area contributed by atoms with Gasteiger partial charge in [0.05, 0.1) is 6.10 Å². The van der Waals surface area contributed by atoms with Crippen molar-refractivity contribution >= 4 is 24.0 Å². The van der Waals surface area contributed by atoms with Crippen LogP contribution >= 0.6 is 0 Å². The topological polar surface area (TPSA) is 20.2 Å². The van der Waals surface area contributed by atoms with Crippen LogP contribution in [0.25, 0.3) is 10.8 Å². The summed E-state index contributed by atoms with van der Waals surface area (Å²) in [6.45, 7) is 4.50. The highest BCUT2D eigenvalue weighted by Gasteiger charge is 2.20. The van der Waals surface area contributed by atoms with Gasteiger partial charge in [-0.2, -0.15) is 0 Å². The molecule has 0 fully saturated rings. The van der Waals surface area contributed by atoms with Crippen molar-refractivity contribution in [2.75, 3.05) is 0 Å². The number of fused-ring (bicyclic) bond motifs is 1. The molecular weight excluding hydrogens is 308 g/mol. The van der Waals surface area contributed by atoms with Gasteiger partial charge in [-0.3, -0.25) is 0 Å². The van der Waals surface area contributed by atoms with Crippen molar-refractivity contribution < 1.29 is 5.11 Å². The average Bonchev–Trinajstić information content (AvgIpc) is 2.61. The average molecular weight is 331 g/mol. The molecule has 120 valence electrons. The Balaban J connectivity index is 1.80. The monoisotopic (exact) mass is 330 g/mol. The first kappa shape index (κ1) is 16.5. The predicted molar refractivity (Wildman–Crippen MR) is 105 cm³/mol. The molecule has 3 aromatic carbocycles. The van der Waals surface area contributed by atoms with E-state index in [0.717, 1.165) is 16.3 Å². The van der Waals surface area contributed by atoms with E-state index in [2.05, 4.69) is 67.0 Å². The van der Waals surface area contributed by atoms with E-state index in [1.54, 1.807) is 0 Å². The lowest BCUT2D eigenvalue weighted by atomic mass is 9.99. The summed E-state index contributed by atoms with van der Waals surface area (Å²) in [4.78, 5) is 0. The zero-order valence-corrected chi connectivity index (χ0v) is 15.2. The minimum Gasteiger partial charge on any atom is -0.387 e. The summed E-state index contributed by atoms with van der Waals surface area (Å²) in [5, 5.41) is 14.2. The van der Waals surface area contributed by atoms with Crippen LogP contribution in [0, 0.1) is 11.5 Å². The summed E-state index contributed by atoms with van der Waals surface area (Å²) >= 11 is 0. The quantitative estimate of drug-likeness (QED) is 0.557. The van der Waals surface area contributed by atoms with Gasteiger partial charge in [-0.15, -0.1) is 11.5 Å². The van der Waals surface area contributed by atoms with Crippen molar-refractivity contribution in [3.8, 4) is 11.5 Å². The van der Waals surface area contributed by atoms with E-state index in [9.17, 15) is 5.11 Å². The Morgan fingerprint density at radius 1 is 0.875 bits per heavy atom. The van der Waals surface area contributed by atoms with Crippen LogP contribution in [0.1, 0.15) is 18.1 Å². The minimum absolute atomic E-state index is 0.470. The highest BCUT2D eigenvalue weighted by Crippen LogP contribution is 2.25. The lowest BCUT2D eigenvalue weighted by Crippen LogP contribution is -2.39. The van der Waals surface area contributed by atoms with Gasteiger partial charge in [0.15, 0.2) is 8.07 Å². The predicted octanol–water partition coefficient (Wildman–Crippen LogP) is 4.42. The summed E-state index contributed by atoms with van der Waals surface area (Å²) < 4.78 is 0. The molecule has 3 aromatic rings. The SMILES string of the molecule is C[Si](C)(C#CCC(O)c1cccc2ccccc12)c1ccccc1. The van der Waals surface area contributed by atoms with E-state index in [4.69, 9.17) is 0 Å². The zero-order valence-electron chi connectivity index (χ0n) is 14.2. The molecule has 0 bridgehead atoms. The molecule has 3 rings (SSSR count). The van der Waals surface area contributed by atoms with Gasteiger partial charge < -0.3 is 5.11 Å². The van der Waals surface area contributed by atoms with Gasteiger partial charge in [-0.25, -0.2) is 0 Å². The van der Waals surface area contributed by atoms with Crippen LogP contribution in [0.3, 0.4) is 0 Å². The standard InChI is InChI=1S/C22H22OSi/c1-24(2,19-12-4-3-5-13-19)17-9-16-22(23)21-15-8-11-18-10-6-7-14-20(18)21/h3-8,10-15,22-23H,16H2,1-2H3. The summed E-state index contributed by atoms with van der Waals surface area (Å²) in [6, 6.07) is 24.7. The Morgan fingerprint density at radius 3 is 2.33 bits per heavy atom. The second kappa shape index (κ2) is 7.05. The molecule has 0 saturated heterocycles. The number of rotatable bonds is 3. The van der Waals surface area contributed by atoms with Crippen LogP contribution in [0.4, 0.5) is 0 Å². The van der Waals surface area contributed by atoms with Crippen molar-refractivity contribution in [2.45, 2.75) is 25.6 Å². The maximum Gasteiger partial charge on any atom is 0.162 e. The second-order valence-corrected chi connectivity index (χ2v) is 10.7. The first-order chi connectivity index (χ1) is 11.6. The number of hydrogen-bond acceptors (Lipinski definition) is 1. The zero-order chi connectivity index (χ0) is 17.0. The molecule has 0 saturated carbocycles. The fourth-order valence-electron chi connectivity index (χ4n) is 2.95. The summed E-state index contributed by atoms with van der Waals surface area (Å²) in [5.74, 6) is 3.25. The van der Waals surface area contributed by atoms with Crippen LogP contribution in [0.2, 0.25) is 13.1 Å². The number of hydrogen-bond donors (Lipinski definition) is 1. The Hall–Kier alpha value is -2.34.